The molecular formula is C24H22O. The summed E-state index contributed by atoms with van der Waals surface area (Å²) in [5.74, 6) is 0.238. The molecule has 0 bridgehead atoms. The van der Waals surface area contributed by atoms with Crippen molar-refractivity contribution in [3.63, 3.8) is 0 Å². The van der Waals surface area contributed by atoms with Crippen LogP contribution in [0.4, 0.5) is 0 Å². The summed E-state index contributed by atoms with van der Waals surface area (Å²) in [7, 11) is 0. The Morgan fingerprint density at radius 1 is 0.840 bits per heavy atom. The second-order valence-electron chi connectivity index (χ2n) is 6.28. The first-order valence-corrected chi connectivity index (χ1v) is 8.60. The molecule has 0 aliphatic rings. The minimum absolute atomic E-state index is 0.0650. The van der Waals surface area contributed by atoms with Crippen molar-refractivity contribution in [1.29, 1.82) is 0 Å². The van der Waals surface area contributed by atoms with E-state index >= 15 is 0 Å². The van der Waals surface area contributed by atoms with Gasteiger partial charge in [0.05, 0.1) is 0 Å². The summed E-state index contributed by atoms with van der Waals surface area (Å²) in [6.45, 7) is 2.03. The summed E-state index contributed by atoms with van der Waals surface area (Å²) in [5.41, 5.74) is 4.25. The number of hydrogen-bond donors (Lipinski definition) is 0. The van der Waals surface area contributed by atoms with Crippen LogP contribution in [0.3, 0.4) is 0 Å². The molecule has 1 heteroatoms. The lowest BCUT2D eigenvalue weighted by Crippen LogP contribution is -2.06. The van der Waals surface area contributed by atoms with Crippen molar-refractivity contribution in [2.45, 2.75) is 19.3 Å². The van der Waals surface area contributed by atoms with Crippen LogP contribution in [0.15, 0.2) is 91.0 Å². The van der Waals surface area contributed by atoms with E-state index in [0.29, 0.717) is 6.42 Å². The zero-order valence-corrected chi connectivity index (χ0v) is 14.4. The molecule has 0 spiro atoms. The molecule has 0 aliphatic heterocycles. The van der Waals surface area contributed by atoms with E-state index in [0.717, 1.165) is 16.7 Å². The minimum atomic E-state index is 0.0650. The van der Waals surface area contributed by atoms with Crippen molar-refractivity contribution in [2.24, 2.45) is 0 Å². The molecule has 0 aliphatic carbocycles. The standard InChI is InChI=1S/C24H22O/c1-19-12-15-22(16-13-19)24(25)18-23(21-10-6-3-7-11-21)17-14-20-8-4-2-5-9-20/h2-17,23H,18H2,1H3/b17-14+. The third-order valence-electron chi connectivity index (χ3n) is 4.33. The van der Waals surface area contributed by atoms with Crippen LogP contribution in [-0.4, -0.2) is 5.78 Å². The molecule has 0 saturated carbocycles. The van der Waals surface area contributed by atoms with Gasteiger partial charge in [0.25, 0.3) is 0 Å². The molecule has 0 aromatic heterocycles. The molecule has 0 fully saturated rings. The zero-order chi connectivity index (χ0) is 17.5. The fourth-order valence-electron chi connectivity index (χ4n) is 2.85. The Labute approximate surface area is 149 Å². The van der Waals surface area contributed by atoms with Crippen molar-refractivity contribution in [1.82, 2.24) is 0 Å². The van der Waals surface area contributed by atoms with Crippen LogP contribution < -0.4 is 0 Å². The first-order valence-electron chi connectivity index (χ1n) is 8.60. The molecule has 124 valence electrons. The third-order valence-corrected chi connectivity index (χ3v) is 4.33. The first-order chi connectivity index (χ1) is 12.2. The lowest BCUT2D eigenvalue weighted by molar-refractivity contribution is 0.0978. The fraction of sp³-hybridized carbons (Fsp3) is 0.125. The Bertz CT molecular complexity index is 830. The van der Waals surface area contributed by atoms with Gasteiger partial charge in [-0.2, -0.15) is 0 Å². The zero-order valence-electron chi connectivity index (χ0n) is 14.4. The van der Waals surface area contributed by atoms with E-state index in [1.165, 1.54) is 5.56 Å². The molecule has 3 aromatic carbocycles. The number of rotatable bonds is 6. The second-order valence-corrected chi connectivity index (χ2v) is 6.28. The van der Waals surface area contributed by atoms with Crippen LogP contribution in [-0.2, 0) is 0 Å². The van der Waals surface area contributed by atoms with Gasteiger partial charge in [0, 0.05) is 17.9 Å². The van der Waals surface area contributed by atoms with Gasteiger partial charge in [-0.3, -0.25) is 4.79 Å². The van der Waals surface area contributed by atoms with Gasteiger partial charge >= 0.3 is 0 Å². The van der Waals surface area contributed by atoms with Crippen LogP contribution in [0.2, 0.25) is 0 Å². The summed E-state index contributed by atoms with van der Waals surface area (Å²) in [6.07, 6.45) is 4.70. The van der Waals surface area contributed by atoms with Crippen LogP contribution >= 0.6 is 0 Å². The molecule has 0 saturated heterocycles. The second kappa shape index (κ2) is 8.25. The highest BCUT2D eigenvalue weighted by Gasteiger charge is 2.14. The highest BCUT2D eigenvalue weighted by Crippen LogP contribution is 2.24. The van der Waals surface area contributed by atoms with E-state index in [2.05, 4.69) is 36.4 Å². The first kappa shape index (κ1) is 16.9. The molecule has 1 nitrogen and oxygen atoms in total. The summed E-state index contributed by atoms with van der Waals surface area (Å²) in [4.78, 5) is 12.7. The van der Waals surface area contributed by atoms with E-state index in [1.807, 2.05) is 67.6 Å². The number of hydrogen-bond acceptors (Lipinski definition) is 1. The Morgan fingerprint density at radius 3 is 2.08 bits per heavy atom. The number of benzene rings is 3. The van der Waals surface area contributed by atoms with Crippen LogP contribution in [0.25, 0.3) is 6.08 Å². The molecule has 0 heterocycles. The predicted molar refractivity (Wildman–Crippen MR) is 105 cm³/mol. The van der Waals surface area contributed by atoms with Crippen molar-refractivity contribution in [3.8, 4) is 0 Å². The van der Waals surface area contributed by atoms with Gasteiger partial charge in [-0.25, -0.2) is 0 Å². The normalized spacial score (nSPS) is 12.2. The number of carbonyl (C=O) groups excluding carboxylic acids is 1. The summed E-state index contributed by atoms with van der Waals surface area (Å²) in [6, 6.07) is 28.2. The number of aryl methyl sites for hydroxylation is 1. The van der Waals surface area contributed by atoms with E-state index < -0.39 is 0 Å². The SMILES string of the molecule is Cc1ccc(C(=O)CC(/C=C/c2ccccc2)c2ccccc2)cc1. The van der Waals surface area contributed by atoms with Gasteiger partial charge in [-0.05, 0) is 18.1 Å². The Morgan fingerprint density at radius 2 is 1.44 bits per heavy atom. The Hall–Kier alpha value is -2.93. The largest absolute Gasteiger partial charge is 0.294 e. The van der Waals surface area contributed by atoms with Crippen LogP contribution in [0.5, 0.6) is 0 Å². The number of allylic oxidation sites excluding steroid dienone is 1. The number of carbonyl (C=O) groups is 1. The van der Waals surface area contributed by atoms with Gasteiger partial charge in [-0.1, -0.05) is 103 Å². The third kappa shape index (κ3) is 4.77. The number of Topliss-reactive ketones (excluding diaryl/α,β-unsaturated/α-hetero) is 1. The van der Waals surface area contributed by atoms with E-state index in [1.54, 1.807) is 0 Å². The summed E-state index contributed by atoms with van der Waals surface area (Å²) in [5, 5.41) is 0. The van der Waals surface area contributed by atoms with Gasteiger partial charge in [0.1, 0.15) is 0 Å². The molecule has 25 heavy (non-hydrogen) atoms. The monoisotopic (exact) mass is 326 g/mol. The Balaban J connectivity index is 1.82. The lowest BCUT2D eigenvalue weighted by atomic mass is 9.90. The summed E-state index contributed by atoms with van der Waals surface area (Å²) >= 11 is 0. The Kier molecular flexibility index (Phi) is 5.58. The van der Waals surface area contributed by atoms with Crippen LogP contribution in [0, 0.1) is 6.92 Å². The molecule has 1 unspecified atom stereocenters. The van der Waals surface area contributed by atoms with E-state index in [-0.39, 0.29) is 11.7 Å². The molecule has 0 amide bonds. The average molecular weight is 326 g/mol. The predicted octanol–water partition coefficient (Wildman–Crippen LogP) is 6.07. The van der Waals surface area contributed by atoms with Gasteiger partial charge in [0.2, 0.25) is 0 Å². The summed E-state index contributed by atoms with van der Waals surface area (Å²) < 4.78 is 0. The topological polar surface area (TPSA) is 17.1 Å². The fourth-order valence-corrected chi connectivity index (χ4v) is 2.85. The maximum absolute atomic E-state index is 12.7. The smallest absolute Gasteiger partial charge is 0.163 e. The minimum Gasteiger partial charge on any atom is -0.294 e. The van der Waals surface area contributed by atoms with Crippen molar-refractivity contribution in [3.05, 3.63) is 113 Å². The van der Waals surface area contributed by atoms with Crippen molar-refractivity contribution >= 4 is 11.9 Å². The van der Waals surface area contributed by atoms with Crippen molar-refractivity contribution < 1.29 is 4.79 Å². The average Bonchev–Trinajstić information content (AvgIpc) is 2.67. The van der Waals surface area contributed by atoms with Gasteiger partial charge < -0.3 is 0 Å². The molecule has 1 atom stereocenters. The van der Waals surface area contributed by atoms with Gasteiger partial charge in [0.15, 0.2) is 5.78 Å². The highest BCUT2D eigenvalue weighted by molar-refractivity contribution is 5.96. The molecule has 0 N–H and O–H groups in total. The molecule has 3 rings (SSSR count). The lowest BCUT2D eigenvalue weighted by Gasteiger charge is -2.13. The van der Waals surface area contributed by atoms with Crippen molar-refractivity contribution in [2.75, 3.05) is 0 Å². The molecular weight excluding hydrogens is 304 g/mol. The van der Waals surface area contributed by atoms with E-state index in [4.69, 9.17) is 0 Å². The number of ketones is 1. The maximum atomic E-state index is 12.7. The highest BCUT2D eigenvalue weighted by atomic mass is 16.1. The molecule has 3 aromatic rings. The van der Waals surface area contributed by atoms with E-state index in [9.17, 15) is 4.79 Å². The van der Waals surface area contributed by atoms with Crippen LogP contribution in [0.1, 0.15) is 39.4 Å². The van der Waals surface area contributed by atoms with Gasteiger partial charge in [-0.15, -0.1) is 0 Å². The maximum Gasteiger partial charge on any atom is 0.163 e. The molecule has 0 radical (unpaired) electrons. The quantitative estimate of drug-likeness (QED) is 0.503.